The molecule has 3 nitrogen and oxygen atoms in total. The summed E-state index contributed by atoms with van der Waals surface area (Å²) in [6, 6.07) is 12.1. The molecule has 4 heteroatoms. The van der Waals surface area contributed by atoms with Crippen molar-refractivity contribution in [1.82, 2.24) is 9.55 Å². The van der Waals surface area contributed by atoms with E-state index in [0.29, 0.717) is 6.42 Å². The summed E-state index contributed by atoms with van der Waals surface area (Å²) in [7, 11) is 0. The first-order chi connectivity index (χ1) is 10.5. The van der Waals surface area contributed by atoms with Gasteiger partial charge in [-0.05, 0) is 61.2 Å². The Morgan fingerprint density at radius 2 is 1.82 bits per heavy atom. The molecule has 0 amide bonds. The Bertz CT molecular complexity index is 793. The van der Waals surface area contributed by atoms with Gasteiger partial charge >= 0.3 is 0 Å². The number of halogens is 1. The van der Waals surface area contributed by atoms with Crippen LogP contribution >= 0.6 is 15.9 Å². The lowest BCUT2D eigenvalue weighted by Crippen LogP contribution is -2.04. The lowest BCUT2D eigenvalue weighted by Gasteiger charge is -2.12. The van der Waals surface area contributed by atoms with Gasteiger partial charge in [-0.25, -0.2) is 4.98 Å². The summed E-state index contributed by atoms with van der Waals surface area (Å²) in [4.78, 5) is 4.46. The van der Waals surface area contributed by atoms with E-state index in [4.69, 9.17) is 0 Å². The van der Waals surface area contributed by atoms with Crippen molar-refractivity contribution in [2.24, 2.45) is 0 Å². The molecule has 0 radical (unpaired) electrons. The van der Waals surface area contributed by atoms with E-state index in [1.54, 1.807) is 0 Å². The topological polar surface area (TPSA) is 38.0 Å². The van der Waals surface area contributed by atoms with Gasteiger partial charge in [0.1, 0.15) is 0 Å². The number of rotatable bonds is 4. The maximum absolute atomic E-state index is 10.3. The molecule has 1 unspecified atom stereocenters. The zero-order chi connectivity index (χ0) is 15.7. The zero-order valence-corrected chi connectivity index (χ0v) is 14.3. The summed E-state index contributed by atoms with van der Waals surface area (Å²) in [5.41, 5.74) is 5.61. The molecular formula is C18H19BrN2O. The maximum atomic E-state index is 10.3. The van der Waals surface area contributed by atoms with E-state index in [0.717, 1.165) is 27.6 Å². The number of aromatic nitrogens is 2. The molecule has 1 heterocycles. The fourth-order valence-electron chi connectivity index (χ4n) is 2.60. The minimum absolute atomic E-state index is 0.461. The quantitative estimate of drug-likeness (QED) is 0.743. The molecule has 0 fully saturated rings. The van der Waals surface area contributed by atoms with E-state index in [9.17, 15) is 5.11 Å². The van der Waals surface area contributed by atoms with Crippen LogP contribution in [0.25, 0.3) is 11.0 Å². The molecule has 1 aromatic heterocycles. The van der Waals surface area contributed by atoms with Gasteiger partial charge in [0.05, 0.1) is 23.5 Å². The van der Waals surface area contributed by atoms with Crippen LogP contribution < -0.4 is 0 Å². The average Bonchev–Trinajstić information content (AvgIpc) is 2.88. The highest BCUT2D eigenvalue weighted by Gasteiger charge is 2.10. The lowest BCUT2D eigenvalue weighted by atomic mass is 10.1. The summed E-state index contributed by atoms with van der Waals surface area (Å²) >= 11 is 3.41. The van der Waals surface area contributed by atoms with Crippen LogP contribution in [0.1, 0.15) is 29.2 Å². The van der Waals surface area contributed by atoms with Crippen molar-refractivity contribution in [2.45, 2.75) is 32.9 Å². The Morgan fingerprint density at radius 1 is 1.14 bits per heavy atom. The molecule has 0 aliphatic carbocycles. The average molecular weight is 359 g/mol. The number of hydrogen-bond donors (Lipinski definition) is 1. The number of nitrogens with zero attached hydrogens (tertiary/aromatic N) is 2. The van der Waals surface area contributed by atoms with Gasteiger partial charge in [-0.3, -0.25) is 0 Å². The molecule has 1 atom stereocenters. The zero-order valence-electron chi connectivity index (χ0n) is 12.8. The molecule has 0 bridgehead atoms. The van der Waals surface area contributed by atoms with Gasteiger partial charge in [0, 0.05) is 11.0 Å². The highest BCUT2D eigenvalue weighted by Crippen LogP contribution is 2.22. The van der Waals surface area contributed by atoms with Crippen LogP contribution in [0.3, 0.4) is 0 Å². The van der Waals surface area contributed by atoms with E-state index in [1.807, 2.05) is 30.6 Å². The first-order valence-corrected chi connectivity index (χ1v) is 8.19. The number of imidazole rings is 1. The molecule has 0 saturated heterocycles. The predicted molar refractivity (Wildman–Crippen MR) is 92.9 cm³/mol. The van der Waals surface area contributed by atoms with Crippen LogP contribution in [-0.2, 0) is 6.54 Å². The van der Waals surface area contributed by atoms with Crippen LogP contribution in [-0.4, -0.2) is 14.7 Å². The van der Waals surface area contributed by atoms with Crippen LogP contribution in [0.15, 0.2) is 47.2 Å². The first-order valence-electron chi connectivity index (χ1n) is 7.40. The van der Waals surface area contributed by atoms with Crippen LogP contribution in [0, 0.1) is 13.8 Å². The smallest absolute Gasteiger partial charge is 0.0958 e. The number of aryl methyl sites for hydroxylation is 3. The third kappa shape index (κ3) is 3.08. The minimum Gasteiger partial charge on any atom is -0.388 e. The molecule has 0 aliphatic heterocycles. The molecule has 0 spiro atoms. The lowest BCUT2D eigenvalue weighted by molar-refractivity contribution is 0.161. The Hall–Kier alpha value is -1.65. The second-order valence-electron chi connectivity index (χ2n) is 5.72. The molecule has 114 valence electrons. The molecule has 22 heavy (non-hydrogen) atoms. The Labute approximate surface area is 138 Å². The summed E-state index contributed by atoms with van der Waals surface area (Å²) in [5, 5.41) is 10.3. The maximum Gasteiger partial charge on any atom is 0.0958 e. The van der Waals surface area contributed by atoms with Crippen molar-refractivity contribution in [3.63, 3.8) is 0 Å². The summed E-state index contributed by atoms with van der Waals surface area (Å²) in [6.45, 7) is 4.96. The monoisotopic (exact) mass is 358 g/mol. The summed E-state index contributed by atoms with van der Waals surface area (Å²) in [6.07, 6.45) is 2.06. The number of fused-ring (bicyclic) bond motifs is 1. The van der Waals surface area contributed by atoms with Gasteiger partial charge in [-0.2, -0.15) is 0 Å². The normalized spacial score (nSPS) is 12.7. The first kappa shape index (κ1) is 15.3. The Balaban J connectivity index is 1.76. The fourth-order valence-corrected chi connectivity index (χ4v) is 2.87. The Morgan fingerprint density at radius 3 is 2.55 bits per heavy atom. The van der Waals surface area contributed by atoms with Gasteiger partial charge in [-0.15, -0.1) is 0 Å². The molecule has 3 aromatic rings. The van der Waals surface area contributed by atoms with Gasteiger partial charge in [0.2, 0.25) is 0 Å². The number of aliphatic hydroxyl groups excluding tert-OH is 1. The van der Waals surface area contributed by atoms with Crippen molar-refractivity contribution in [3.05, 3.63) is 63.9 Å². The number of benzene rings is 2. The van der Waals surface area contributed by atoms with Gasteiger partial charge in [-0.1, -0.05) is 28.1 Å². The molecular weight excluding hydrogens is 340 g/mol. The predicted octanol–water partition coefficient (Wildman–Crippen LogP) is 4.54. The van der Waals surface area contributed by atoms with Gasteiger partial charge in [0.25, 0.3) is 0 Å². The largest absolute Gasteiger partial charge is 0.388 e. The van der Waals surface area contributed by atoms with Crippen molar-refractivity contribution >= 4 is 27.0 Å². The van der Waals surface area contributed by atoms with E-state index in [2.05, 4.69) is 51.5 Å². The SMILES string of the molecule is Cc1cc2ncn(CCC(O)c3ccc(Br)cc3)c2cc1C. The van der Waals surface area contributed by atoms with Crippen molar-refractivity contribution < 1.29 is 5.11 Å². The van der Waals surface area contributed by atoms with E-state index >= 15 is 0 Å². The molecule has 0 saturated carbocycles. The van der Waals surface area contributed by atoms with Gasteiger partial charge < -0.3 is 9.67 Å². The van der Waals surface area contributed by atoms with E-state index in [1.165, 1.54) is 11.1 Å². The third-order valence-corrected chi connectivity index (χ3v) is 4.66. The highest BCUT2D eigenvalue weighted by atomic mass is 79.9. The van der Waals surface area contributed by atoms with Crippen LogP contribution in [0.4, 0.5) is 0 Å². The molecule has 0 aliphatic rings. The molecule has 1 N–H and O–H groups in total. The van der Waals surface area contributed by atoms with Crippen molar-refractivity contribution in [3.8, 4) is 0 Å². The van der Waals surface area contributed by atoms with Crippen molar-refractivity contribution in [1.29, 1.82) is 0 Å². The summed E-state index contributed by atoms with van der Waals surface area (Å²) < 4.78 is 3.14. The standard InChI is InChI=1S/C18H19BrN2O/c1-12-9-16-17(10-13(12)2)21(11-20-16)8-7-18(22)14-3-5-15(19)6-4-14/h3-6,9-11,18,22H,7-8H2,1-2H3. The number of aliphatic hydroxyl groups is 1. The second-order valence-corrected chi connectivity index (χ2v) is 6.63. The second kappa shape index (κ2) is 6.23. The van der Waals surface area contributed by atoms with Crippen molar-refractivity contribution in [2.75, 3.05) is 0 Å². The third-order valence-electron chi connectivity index (χ3n) is 4.13. The molecule has 3 rings (SSSR count). The van der Waals surface area contributed by atoms with Crippen LogP contribution in [0.2, 0.25) is 0 Å². The van der Waals surface area contributed by atoms with Crippen LogP contribution in [0.5, 0.6) is 0 Å². The Kier molecular flexibility index (Phi) is 4.32. The fraction of sp³-hybridized carbons (Fsp3) is 0.278. The number of hydrogen-bond acceptors (Lipinski definition) is 2. The van der Waals surface area contributed by atoms with E-state index in [-0.39, 0.29) is 0 Å². The van der Waals surface area contributed by atoms with Gasteiger partial charge in [0.15, 0.2) is 0 Å². The summed E-state index contributed by atoms with van der Waals surface area (Å²) in [5.74, 6) is 0. The van der Waals surface area contributed by atoms with E-state index < -0.39 is 6.10 Å². The molecule has 2 aromatic carbocycles. The highest BCUT2D eigenvalue weighted by molar-refractivity contribution is 9.10. The minimum atomic E-state index is -0.461.